The maximum Gasteiger partial charge on any atom is 0.344 e. The molecule has 0 saturated carbocycles. The summed E-state index contributed by atoms with van der Waals surface area (Å²) in [4.78, 5) is 67.5. The van der Waals surface area contributed by atoms with Gasteiger partial charge in [-0.1, -0.05) is 120 Å². The van der Waals surface area contributed by atoms with Crippen LogP contribution in [-0.2, 0) is 70.1 Å². The van der Waals surface area contributed by atoms with Gasteiger partial charge in [0.1, 0.15) is 35.0 Å². The van der Waals surface area contributed by atoms with Crippen LogP contribution in [0.5, 0.6) is 28.7 Å². The molecule has 0 radical (unpaired) electrons. The van der Waals surface area contributed by atoms with Crippen molar-refractivity contribution >= 4 is 75.9 Å². The number of allylic oxidation sites excluding steroid dienone is 3. The van der Waals surface area contributed by atoms with Crippen LogP contribution < -0.4 is 23.7 Å². The number of aliphatic hydroxyl groups excluding tert-OH is 1. The van der Waals surface area contributed by atoms with E-state index in [0.717, 1.165) is 93.8 Å². The highest BCUT2D eigenvalue weighted by atomic mass is 31.2. The van der Waals surface area contributed by atoms with E-state index in [2.05, 4.69) is 6.92 Å². The summed E-state index contributed by atoms with van der Waals surface area (Å²) in [7, 11) is -6.76. The second-order valence-electron chi connectivity index (χ2n) is 22.7. The lowest BCUT2D eigenvalue weighted by Gasteiger charge is -2.23. The topological polar surface area (TPSA) is 277 Å². The molecule has 24 heteroatoms. The molecule has 0 fully saturated rings. The molecule has 0 saturated heterocycles. The van der Waals surface area contributed by atoms with E-state index in [1.165, 1.54) is 6.92 Å². The van der Waals surface area contributed by atoms with Crippen molar-refractivity contribution in [1.82, 2.24) is 0 Å². The summed E-state index contributed by atoms with van der Waals surface area (Å²) in [5.74, 6) is 2.40. The molecule has 111 heavy (non-hydrogen) atoms. The Kier molecular flexibility index (Phi) is 61.0. The van der Waals surface area contributed by atoms with Crippen LogP contribution in [-0.4, -0.2) is 145 Å². The van der Waals surface area contributed by atoms with Crippen molar-refractivity contribution in [3.8, 4) is 28.7 Å². The zero-order valence-electron chi connectivity index (χ0n) is 69.6. The van der Waals surface area contributed by atoms with Crippen molar-refractivity contribution in [2.45, 2.75) is 182 Å². The molecule has 0 spiro atoms. The van der Waals surface area contributed by atoms with Gasteiger partial charge in [0.2, 0.25) is 0 Å². The van der Waals surface area contributed by atoms with E-state index in [4.69, 9.17) is 65.8 Å². The number of carbonyl (C=O) groups excluding carboxylic acids is 6. The summed E-state index contributed by atoms with van der Waals surface area (Å²) in [5, 5.41) is 9.10. The molecule has 5 aromatic carbocycles. The lowest BCUT2D eigenvalue weighted by atomic mass is 10.1. The summed E-state index contributed by atoms with van der Waals surface area (Å²) in [5.41, 5.74) is 6.95. The highest BCUT2D eigenvalue weighted by Gasteiger charge is 2.41. The Hall–Kier alpha value is -8.72. The average molecular weight is 1590 g/mol. The van der Waals surface area contributed by atoms with Gasteiger partial charge >= 0.3 is 39.1 Å². The molecule has 2 atom stereocenters. The summed E-state index contributed by atoms with van der Waals surface area (Å²) in [6.07, 6.45) is 14.8. The molecule has 1 N–H and O–H groups in total. The van der Waals surface area contributed by atoms with Crippen molar-refractivity contribution in [3.63, 3.8) is 0 Å². The first-order chi connectivity index (χ1) is 53.4. The molecule has 0 aliphatic rings. The number of rotatable bonds is 41. The van der Waals surface area contributed by atoms with Crippen LogP contribution >= 0.6 is 15.2 Å². The lowest BCUT2D eigenvalue weighted by molar-refractivity contribution is -0.144. The van der Waals surface area contributed by atoms with E-state index in [1.807, 2.05) is 195 Å². The Morgan fingerprint density at radius 1 is 0.378 bits per heavy atom. The van der Waals surface area contributed by atoms with Gasteiger partial charge in [0.05, 0.1) is 98.1 Å². The highest BCUT2D eigenvalue weighted by molar-refractivity contribution is 7.56. The van der Waals surface area contributed by atoms with Gasteiger partial charge < -0.3 is 65.8 Å². The second-order valence-corrected chi connectivity index (χ2v) is 27.3. The molecule has 5 aromatic rings. The predicted octanol–water partition coefficient (Wildman–Crippen LogP) is 20.5. The highest BCUT2D eigenvalue weighted by Crippen LogP contribution is 2.55. The van der Waals surface area contributed by atoms with Gasteiger partial charge in [-0.05, 0) is 219 Å². The minimum atomic E-state index is -3.39. The lowest BCUT2D eigenvalue weighted by Crippen LogP contribution is -2.25. The van der Waals surface area contributed by atoms with Gasteiger partial charge in [0.15, 0.2) is 17.6 Å². The van der Waals surface area contributed by atoms with E-state index >= 15 is 0 Å². The van der Waals surface area contributed by atoms with E-state index in [9.17, 15) is 37.9 Å². The molecular formula is C87H128O22P2. The zero-order chi connectivity index (χ0) is 83.8. The fourth-order valence-electron chi connectivity index (χ4n) is 9.40. The summed E-state index contributed by atoms with van der Waals surface area (Å²) in [6.45, 7) is 42.0. The Balaban J connectivity index is 0. The van der Waals surface area contributed by atoms with Gasteiger partial charge in [0, 0.05) is 33.4 Å². The Labute approximate surface area is 662 Å². The van der Waals surface area contributed by atoms with Crippen LogP contribution in [0.3, 0.4) is 0 Å². The molecule has 0 amide bonds. The largest absolute Gasteiger partial charge is 0.493 e. The van der Waals surface area contributed by atoms with Crippen molar-refractivity contribution < 1.29 is 104 Å². The molecule has 0 heterocycles. The predicted molar refractivity (Wildman–Crippen MR) is 445 cm³/mol. The van der Waals surface area contributed by atoms with Crippen molar-refractivity contribution in [2.24, 2.45) is 0 Å². The first-order valence-corrected chi connectivity index (χ1v) is 41.7. The fraction of sp³-hybridized carbons (Fsp3) is 0.471. The van der Waals surface area contributed by atoms with Crippen molar-refractivity contribution in [1.29, 1.82) is 0 Å². The molecular weight excluding hydrogens is 1460 g/mol. The molecule has 5 rings (SSSR count). The van der Waals surface area contributed by atoms with Gasteiger partial charge in [-0.2, -0.15) is 0 Å². The first-order valence-electron chi connectivity index (χ1n) is 38.5. The van der Waals surface area contributed by atoms with Crippen LogP contribution in [0.25, 0.3) is 24.3 Å². The average Bonchev–Trinajstić information content (AvgIpc) is 0.837. The second kappa shape index (κ2) is 64.9. The summed E-state index contributed by atoms with van der Waals surface area (Å²) in [6, 6.07) is 38.3. The number of ether oxygens (including phenoxy) is 9. The normalized spacial score (nSPS) is 11.9. The van der Waals surface area contributed by atoms with Crippen molar-refractivity contribution in [3.05, 3.63) is 183 Å². The SMILES string of the molecule is CCOC(=O)/C(=C/c1ccccc1OCC)CC.CCOC(=O)/C(C)=C/C(=C/c1ccccc1OCC)CC.CCOC(=O)C(C)P(=O)(OCC)OCC.CCOC(=O)C(CC)P(=O)(OCC)OCC.CCOc1ccccc1/C=C(/C=O)CC.CCOc1ccccc1/C=C(\CC)CO.CCOc1ccccc1C=O. The van der Waals surface area contributed by atoms with Crippen LogP contribution in [0.1, 0.15) is 203 Å². The van der Waals surface area contributed by atoms with Crippen LogP contribution in [0, 0.1) is 0 Å². The van der Waals surface area contributed by atoms with Gasteiger partial charge in [-0.25, -0.2) is 9.59 Å². The summed E-state index contributed by atoms with van der Waals surface area (Å²) < 4.78 is 91.7. The van der Waals surface area contributed by atoms with E-state index in [-0.39, 0.29) is 58.2 Å². The standard InChI is InChI=1S/C18H24O3.C15H20O3.C13H18O2.C13H16O2.C10H21O5P.C9H19O5P.C9H10O2/c1-5-15(12-14(4)18(19)21-7-3)13-16-10-8-9-11-17(16)20-6-2;1-4-12(15(16)18-6-3)11-13-9-7-8-10-14(13)17-5-2;2*1-3-11(10-14)9-12-7-5-6-8-13(12)15-4-2;1-5-9(10(11)13-6-2)16(12,14-7-3)15-8-4;1-5-12-9(10)8(4)15(11,13-6-2)14-7-3;1-2-11-9-6-4-3-5-8(9)7-10/h8-13H,5-7H2,1-4H3;7-11H,4-6H2,1-3H3;5-9,14H,3-4,10H2,1-2H3;5-10H,3-4H2,1-2H3;9H,5-8H2,1-4H3;8H,5-7H2,1-4H3;3-7H,2H2,1H3/b14-12+,15-13+;12-11+;2*11-9+;;;. The van der Waals surface area contributed by atoms with Crippen LogP contribution in [0.15, 0.2) is 155 Å². The zero-order valence-corrected chi connectivity index (χ0v) is 71.4. The number of hydrogen-bond donors (Lipinski definition) is 1. The van der Waals surface area contributed by atoms with Crippen LogP contribution in [0.2, 0.25) is 0 Å². The Morgan fingerprint density at radius 3 is 1.04 bits per heavy atom. The molecule has 0 aliphatic heterocycles. The molecule has 0 aliphatic carbocycles. The monoisotopic (exact) mass is 1590 g/mol. The molecule has 2 unspecified atom stereocenters. The minimum Gasteiger partial charge on any atom is -0.493 e. The number of aldehydes is 2. The third kappa shape index (κ3) is 42.5. The van der Waals surface area contributed by atoms with Crippen molar-refractivity contribution in [2.75, 3.05) is 92.5 Å². The van der Waals surface area contributed by atoms with E-state index in [1.54, 1.807) is 81.4 Å². The van der Waals surface area contributed by atoms with Gasteiger partial charge in [0.25, 0.3) is 0 Å². The number of esters is 4. The number of carbonyl (C=O) groups is 6. The van der Waals surface area contributed by atoms with E-state index in [0.29, 0.717) is 81.5 Å². The molecule has 22 nitrogen and oxygen atoms in total. The molecule has 618 valence electrons. The Bertz CT molecular complexity index is 3660. The Morgan fingerprint density at radius 2 is 0.712 bits per heavy atom. The molecule has 0 bridgehead atoms. The third-order valence-corrected chi connectivity index (χ3v) is 19.8. The smallest absolute Gasteiger partial charge is 0.344 e. The van der Waals surface area contributed by atoms with Gasteiger partial charge in [-0.15, -0.1) is 0 Å². The number of para-hydroxylation sites is 5. The summed E-state index contributed by atoms with van der Waals surface area (Å²) >= 11 is 0. The quantitative estimate of drug-likeness (QED) is 0.00950. The van der Waals surface area contributed by atoms with Gasteiger partial charge in [-0.3, -0.25) is 28.3 Å². The van der Waals surface area contributed by atoms with Crippen LogP contribution in [0.4, 0.5) is 0 Å². The third-order valence-electron chi connectivity index (χ3n) is 14.8. The minimum absolute atomic E-state index is 0.108. The molecule has 0 aromatic heterocycles. The number of benzene rings is 5. The first kappa shape index (κ1) is 104. The van der Waals surface area contributed by atoms with E-state index < -0.39 is 38.4 Å². The maximum absolute atomic E-state index is 12.3. The number of aliphatic hydroxyl groups is 1. The maximum atomic E-state index is 12.3. The fourth-order valence-corrected chi connectivity index (χ4v) is 12.9. The number of hydrogen-bond acceptors (Lipinski definition) is 22.